The van der Waals surface area contributed by atoms with Crippen molar-refractivity contribution >= 4 is 16.4 Å². The van der Waals surface area contributed by atoms with Crippen molar-refractivity contribution in [2.75, 3.05) is 6.54 Å². The Morgan fingerprint density at radius 1 is 1.43 bits per heavy atom. The summed E-state index contributed by atoms with van der Waals surface area (Å²) in [5.74, 6) is -0.189. The molecule has 1 fully saturated rings. The second-order valence-corrected chi connectivity index (χ2v) is 6.20. The van der Waals surface area contributed by atoms with E-state index in [2.05, 4.69) is 16.1 Å². The molecule has 1 aromatic rings. The number of aromatic nitrogens is 1. The number of amides is 1. The Kier molecular flexibility index (Phi) is 4.46. The minimum Gasteiger partial charge on any atom is -0.357 e. The molecule has 0 aromatic carbocycles. The van der Waals surface area contributed by atoms with E-state index < -0.39 is 10.5 Å². The average Bonchev–Trinajstić information content (AvgIpc) is 2.39. The van der Waals surface area contributed by atoms with Gasteiger partial charge in [0.1, 0.15) is 0 Å². The lowest BCUT2D eigenvalue weighted by molar-refractivity contribution is 0.0550. The van der Waals surface area contributed by atoms with Crippen molar-refractivity contribution in [2.24, 2.45) is 5.92 Å². The molecule has 0 saturated carbocycles. The summed E-state index contributed by atoms with van der Waals surface area (Å²) in [5.41, 5.74) is 0.178. The molecule has 8 heteroatoms. The average molecular weight is 316 g/mol. The van der Waals surface area contributed by atoms with Gasteiger partial charge in [-0.1, -0.05) is 10.8 Å². The van der Waals surface area contributed by atoms with Gasteiger partial charge in [0.2, 0.25) is 0 Å². The van der Waals surface area contributed by atoms with Crippen molar-refractivity contribution < 1.29 is 21.3 Å². The van der Waals surface area contributed by atoms with Crippen LogP contribution in [0, 0.1) is 5.92 Å². The first-order valence-corrected chi connectivity index (χ1v) is 7.99. The van der Waals surface area contributed by atoms with Crippen LogP contribution in [0.3, 0.4) is 0 Å². The number of likely N-dealkylation sites (tertiary alicyclic amines) is 1. The summed E-state index contributed by atoms with van der Waals surface area (Å²) >= 11 is 0. The monoisotopic (exact) mass is 316 g/mol. The Balaban J connectivity index is 2.21. The van der Waals surface area contributed by atoms with Crippen molar-refractivity contribution in [3.63, 3.8) is 0 Å². The van der Waals surface area contributed by atoms with Crippen LogP contribution in [0.1, 0.15) is 37.0 Å². The highest BCUT2D eigenvalue weighted by atomic mass is 32.3. The number of pyridine rings is 1. The first-order valence-electron chi connectivity index (χ1n) is 6.68. The Bertz CT molecular complexity index is 635. The first-order chi connectivity index (χ1) is 9.78. The second kappa shape index (κ2) is 5.97. The maximum atomic E-state index is 12.5. The van der Waals surface area contributed by atoms with Crippen LogP contribution >= 0.6 is 0 Å². The summed E-state index contributed by atoms with van der Waals surface area (Å²) in [4.78, 5) is 17.9. The zero-order valence-electron chi connectivity index (χ0n) is 11.8. The number of hydrogen-bond donors (Lipinski definition) is 0. The second-order valence-electron chi connectivity index (χ2n) is 5.24. The van der Waals surface area contributed by atoms with E-state index in [1.54, 1.807) is 4.90 Å². The molecule has 21 heavy (non-hydrogen) atoms. The van der Waals surface area contributed by atoms with E-state index >= 15 is 0 Å². The van der Waals surface area contributed by atoms with Crippen LogP contribution in [-0.2, 0) is 10.5 Å². The lowest BCUT2D eigenvalue weighted by Crippen LogP contribution is -2.46. The van der Waals surface area contributed by atoms with Gasteiger partial charge in [-0.05, 0) is 31.7 Å². The largest absolute Gasteiger partial charge is 0.488 e. The predicted octanol–water partition coefficient (Wildman–Crippen LogP) is 1.94. The zero-order chi connectivity index (χ0) is 15.6. The summed E-state index contributed by atoms with van der Waals surface area (Å²) in [6, 6.07) is 1.26. The van der Waals surface area contributed by atoms with Gasteiger partial charge < -0.3 is 9.08 Å². The first kappa shape index (κ1) is 15.7. The maximum absolute atomic E-state index is 12.5. The molecule has 1 amide bonds. The van der Waals surface area contributed by atoms with Gasteiger partial charge in [0, 0.05) is 18.8 Å². The maximum Gasteiger partial charge on any atom is 0.488 e. The van der Waals surface area contributed by atoms with Gasteiger partial charge in [-0.25, -0.2) is 0 Å². The van der Waals surface area contributed by atoms with Gasteiger partial charge in [-0.15, -0.1) is 0 Å². The minimum absolute atomic E-state index is 0.0840. The molecular weight excluding hydrogens is 299 g/mol. The van der Waals surface area contributed by atoms with E-state index in [1.165, 1.54) is 12.3 Å². The molecule has 2 unspecified atom stereocenters. The SMILES string of the molecule is CC1CCCN(C(=O)c2cncc(OS(=O)(=O)F)c2)C1C. The molecule has 0 spiro atoms. The summed E-state index contributed by atoms with van der Waals surface area (Å²) in [5, 5.41) is 0. The lowest BCUT2D eigenvalue weighted by Gasteiger charge is -2.37. The normalized spacial score (nSPS) is 22.9. The van der Waals surface area contributed by atoms with Crippen molar-refractivity contribution in [2.45, 2.75) is 32.7 Å². The standard InChI is InChI=1S/C13H17FN2O4S/c1-9-4-3-5-16(10(9)2)13(17)11-6-12(8-15-7-11)20-21(14,18)19/h6-10H,3-5H2,1-2H3. The van der Waals surface area contributed by atoms with E-state index in [9.17, 15) is 17.1 Å². The van der Waals surface area contributed by atoms with Crippen LogP contribution in [0.25, 0.3) is 0 Å². The summed E-state index contributed by atoms with van der Waals surface area (Å²) < 4.78 is 37.5. The quantitative estimate of drug-likeness (QED) is 0.796. The molecule has 2 heterocycles. The Morgan fingerprint density at radius 3 is 2.81 bits per heavy atom. The third-order valence-corrected chi connectivity index (χ3v) is 4.18. The highest BCUT2D eigenvalue weighted by Gasteiger charge is 2.29. The molecule has 1 aliphatic heterocycles. The lowest BCUT2D eigenvalue weighted by atomic mass is 9.91. The van der Waals surface area contributed by atoms with Crippen LogP contribution in [0.15, 0.2) is 18.5 Å². The minimum atomic E-state index is -5.13. The molecule has 116 valence electrons. The van der Waals surface area contributed by atoms with E-state index in [4.69, 9.17) is 0 Å². The fourth-order valence-electron chi connectivity index (χ4n) is 2.48. The van der Waals surface area contributed by atoms with E-state index in [1.807, 2.05) is 6.92 Å². The Hall–Kier alpha value is -1.70. The van der Waals surface area contributed by atoms with Gasteiger partial charge >= 0.3 is 10.5 Å². The van der Waals surface area contributed by atoms with Crippen LogP contribution in [-0.4, -0.2) is 36.8 Å². The number of nitrogens with zero attached hydrogens (tertiary/aromatic N) is 2. The highest BCUT2D eigenvalue weighted by molar-refractivity contribution is 7.81. The number of carbonyl (C=O) groups excluding carboxylic acids is 1. The zero-order valence-corrected chi connectivity index (χ0v) is 12.6. The molecule has 1 aromatic heterocycles. The molecule has 1 saturated heterocycles. The van der Waals surface area contributed by atoms with Gasteiger partial charge in [-0.2, -0.15) is 8.42 Å². The highest BCUT2D eigenvalue weighted by Crippen LogP contribution is 2.25. The van der Waals surface area contributed by atoms with Crippen LogP contribution in [0.5, 0.6) is 5.75 Å². The molecule has 0 N–H and O–H groups in total. The van der Waals surface area contributed by atoms with Crippen LogP contribution in [0.4, 0.5) is 3.89 Å². The number of rotatable bonds is 3. The molecule has 1 aliphatic rings. The molecule has 2 atom stereocenters. The van der Waals surface area contributed by atoms with Gasteiger partial charge in [0.05, 0.1) is 11.8 Å². The molecule has 0 radical (unpaired) electrons. The predicted molar refractivity (Wildman–Crippen MR) is 73.8 cm³/mol. The van der Waals surface area contributed by atoms with Gasteiger partial charge in [-0.3, -0.25) is 9.78 Å². The Morgan fingerprint density at radius 2 is 2.14 bits per heavy atom. The third-order valence-electron chi connectivity index (χ3n) is 3.79. The van der Waals surface area contributed by atoms with Crippen molar-refractivity contribution in [3.05, 3.63) is 24.0 Å². The Labute approximate surface area is 123 Å². The number of hydrogen-bond acceptors (Lipinski definition) is 5. The van der Waals surface area contributed by atoms with Crippen LogP contribution < -0.4 is 4.18 Å². The van der Waals surface area contributed by atoms with Gasteiger partial charge in [0.15, 0.2) is 5.75 Å². The van der Waals surface area contributed by atoms with Gasteiger partial charge in [0.25, 0.3) is 5.91 Å². The van der Waals surface area contributed by atoms with Crippen molar-refractivity contribution in [1.82, 2.24) is 9.88 Å². The van der Waals surface area contributed by atoms with Crippen LogP contribution in [0.2, 0.25) is 0 Å². The molecular formula is C13H17FN2O4S. The summed E-state index contributed by atoms with van der Waals surface area (Å²) in [6.07, 6.45) is 4.33. The molecule has 0 bridgehead atoms. The smallest absolute Gasteiger partial charge is 0.357 e. The summed E-state index contributed by atoms with van der Waals surface area (Å²) in [7, 11) is -5.13. The van der Waals surface area contributed by atoms with E-state index in [0.29, 0.717) is 12.5 Å². The molecule has 2 rings (SSSR count). The fourth-order valence-corrected chi connectivity index (χ4v) is 2.81. The third kappa shape index (κ3) is 3.90. The molecule has 0 aliphatic carbocycles. The number of carbonyl (C=O) groups is 1. The number of piperidine rings is 1. The summed E-state index contributed by atoms with van der Waals surface area (Å²) in [6.45, 7) is 4.69. The van der Waals surface area contributed by atoms with Crippen molar-refractivity contribution in [3.8, 4) is 5.75 Å². The fraction of sp³-hybridized carbons (Fsp3) is 0.538. The number of halogens is 1. The van der Waals surface area contributed by atoms with Crippen molar-refractivity contribution in [1.29, 1.82) is 0 Å². The van der Waals surface area contributed by atoms with E-state index in [0.717, 1.165) is 19.0 Å². The van der Waals surface area contributed by atoms with E-state index in [-0.39, 0.29) is 23.3 Å². The topological polar surface area (TPSA) is 76.6 Å². The molecule has 6 nitrogen and oxygen atoms in total.